The molecule has 8 bridgehead atoms. The van der Waals surface area contributed by atoms with E-state index in [1.54, 1.807) is 0 Å². The third-order valence-corrected chi connectivity index (χ3v) is 15.0. The molecule has 238 valence electrons. The zero-order valence-electron chi connectivity index (χ0n) is 27.4. The molecule has 8 fully saturated rings. The lowest BCUT2D eigenvalue weighted by molar-refractivity contribution is -0.00627. The highest BCUT2D eigenvalue weighted by molar-refractivity contribution is 5.86. The zero-order valence-corrected chi connectivity index (χ0v) is 27.4. The molecule has 4 aromatic carbocycles. The first-order chi connectivity index (χ1) is 22.9. The van der Waals surface area contributed by atoms with E-state index in [1.807, 2.05) is 12.1 Å². The summed E-state index contributed by atoms with van der Waals surface area (Å²) < 4.78 is 0. The highest BCUT2D eigenvalue weighted by Crippen LogP contribution is 2.65. The molecule has 8 saturated carbocycles. The van der Waals surface area contributed by atoms with Crippen LogP contribution >= 0.6 is 0 Å². The van der Waals surface area contributed by atoms with Gasteiger partial charge in [-0.2, -0.15) is 0 Å². The monoisotopic (exact) mass is 618 g/mol. The summed E-state index contributed by atoms with van der Waals surface area (Å²) >= 11 is 0. The first-order valence-electron chi connectivity index (χ1n) is 18.8. The summed E-state index contributed by atoms with van der Waals surface area (Å²) in [4.78, 5) is 0. The van der Waals surface area contributed by atoms with Gasteiger partial charge in [-0.3, -0.25) is 0 Å². The Morgan fingerprint density at radius 1 is 0.404 bits per heavy atom. The molecule has 0 aliphatic heterocycles. The zero-order chi connectivity index (χ0) is 31.1. The second kappa shape index (κ2) is 9.34. The van der Waals surface area contributed by atoms with E-state index in [1.165, 1.54) is 122 Å². The van der Waals surface area contributed by atoms with E-state index in [0.717, 1.165) is 35.5 Å². The molecule has 0 heterocycles. The van der Waals surface area contributed by atoms with Crippen molar-refractivity contribution in [3.8, 4) is 22.6 Å². The molecule has 47 heavy (non-hydrogen) atoms. The van der Waals surface area contributed by atoms with E-state index in [-0.39, 0.29) is 10.8 Å². The molecule has 9 aliphatic carbocycles. The fourth-order valence-electron chi connectivity index (χ4n) is 14.3. The number of hydrogen-bond donors (Lipinski definition) is 2. The summed E-state index contributed by atoms with van der Waals surface area (Å²) in [7, 11) is 0. The fraction of sp³-hybridized carbons (Fsp3) is 0.467. The van der Waals surface area contributed by atoms with Crippen molar-refractivity contribution in [2.75, 3.05) is 0 Å². The molecule has 2 nitrogen and oxygen atoms in total. The summed E-state index contributed by atoms with van der Waals surface area (Å²) in [6, 6.07) is 31.5. The standard InChI is InChI=1S/C45H46O2/c46-41-11-9-33(19-39(41)43-21-27-13-28(22-43)15-29(14-27)23-43)45(37-7-3-1-5-35(37)36-6-2-4-8-38(36)45)34-10-12-42(47)40(20-34)44-24-30-16-31(25-44)18-32(17-30)26-44/h1-12,19-20,27-32,46-47H,13-18,21-26H2. The Balaban J connectivity index is 1.16. The van der Waals surface area contributed by atoms with Gasteiger partial charge in [-0.15, -0.1) is 0 Å². The Kier molecular flexibility index (Phi) is 5.45. The summed E-state index contributed by atoms with van der Waals surface area (Å²) in [6.07, 6.45) is 15.7. The Morgan fingerprint density at radius 3 is 1.11 bits per heavy atom. The first kappa shape index (κ1) is 27.4. The smallest absolute Gasteiger partial charge is 0.119 e. The Bertz CT molecular complexity index is 1740. The quantitative estimate of drug-likeness (QED) is 0.210. The van der Waals surface area contributed by atoms with Crippen LogP contribution in [0.25, 0.3) is 11.1 Å². The van der Waals surface area contributed by atoms with Crippen molar-refractivity contribution in [2.24, 2.45) is 35.5 Å². The molecular formula is C45H46O2. The molecule has 9 aliphatic rings. The van der Waals surface area contributed by atoms with Gasteiger partial charge in [0.05, 0.1) is 5.41 Å². The average molecular weight is 619 g/mol. The number of phenols is 2. The lowest BCUT2D eigenvalue weighted by atomic mass is 9.47. The van der Waals surface area contributed by atoms with Crippen molar-refractivity contribution in [2.45, 2.75) is 93.3 Å². The number of fused-ring (bicyclic) bond motifs is 3. The van der Waals surface area contributed by atoms with Crippen LogP contribution in [0.4, 0.5) is 0 Å². The minimum absolute atomic E-state index is 0.0903. The summed E-state index contributed by atoms with van der Waals surface area (Å²) in [5, 5.41) is 23.5. The van der Waals surface area contributed by atoms with Crippen LogP contribution in [0.2, 0.25) is 0 Å². The first-order valence-corrected chi connectivity index (χ1v) is 18.8. The number of rotatable bonds is 4. The van der Waals surface area contributed by atoms with Gasteiger partial charge in [0.1, 0.15) is 11.5 Å². The van der Waals surface area contributed by atoms with Crippen molar-refractivity contribution < 1.29 is 10.2 Å². The average Bonchev–Trinajstić information content (AvgIpc) is 3.35. The van der Waals surface area contributed by atoms with Crippen molar-refractivity contribution in [1.82, 2.24) is 0 Å². The maximum atomic E-state index is 11.7. The largest absolute Gasteiger partial charge is 0.508 e. The highest BCUT2D eigenvalue weighted by atomic mass is 16.3. The SMILES string of the molecule is Oc1ccc(C2(c3ccc(O)c(C45CC6CC(CC(C6)C4)C5)c3)c3ccccc3-c3ccccc32)cc1C12CC3CC(CC(C3)C1)C2. The lowest BCUT2D eigenvalue weighted by Gasteiger charge is -2.57. The molecule has 0 amide bonds. The Labute approximate surface area is 279 Å². The predicted molar refractivity (Wildman–Crippen MR) is 187 cm³/mol. The second-order valence-electron chi connectivity index (χ2n) is 17.7. The van der Waals surface area contributed by atoms with Gasteiger partial charge in [0.2, 0.25) is 0 Å². The molecule has 2 N–H and O–H groups in total. The molecule has 4 aromatic rings. The fourth-order valence-corrected chi connectivity index (χ4v) is 14.3. The van der Waals surface area contributed by atoms with Gasteiger partial charge < -0.3 is 10.2 Å². The van der Waals surface area contributed by atoms with Gasteiger partial charge >= 0.3 is 0 Å². The van der Waals surface area contributed by atoms with Crippen LogP contribution in [0.5, 0.6) is 11.5 Å². The molecule has 0 aromatic heterocycles. The van der Waals surface area contributed by atoms with Gasteiger partial charge in [-0.25, -0.2) is 0 Å². The third kappa shape index (κ3) is 3.63. The molecule has 0 saturated heterocycles. The van der Waals surface area contributed by atoms with E-state index < -0.39 is 5.41 Å². The normalized spacial score (nSPS) is 36.4. The molecule has 0 atom stereocenters. The maximum absolute atomic E-state index is 11.7. The topological polar surface area (TPSA) is 40.5 Å². The van der Waals surface area contributed by atoms with Gasteiger partial charge in [-0.05, 0) is 181 Å². The van der Waals surface area contributed by atoms with Gasteiger partial charge in [0.15, 0.2) is 0 Å². The van der Waals surface area contributed by atoms with Gasteiger partial charge in [0.25, 0.3) is 0 Å². The van der Waals surface area contributed by atoms with Crippen LogP contribution in [0, 0.1) is 35.5 Å². The van der Waals surface area contributed by atoms with E-state index in [4.69, 9.17) is 0 Å². The van der Waals surface area contributed by atoms with E-state index in [9.17, 15) is 10.2 Å². The van der Waals surface area contributed by atoms with Crippen LogP contribution in [0.3, 0.4) is 0 Å². The van der Waals surface area contributed by atoms with E-state index in [2.05, 4.69) is 72.8 Å². The molecular weight excluding hydrogens is 572 g/mol. The van der Waals surface area contributed by atoms with Crippen molar-refractivity contribution in [1.29, 1.82) is 0 Å². The Morgan fingerprint density at radius 2 is 0.745 bits per heavy atom. The van der Waals surface area contributed by atoms with E-state index >= 15 is 0 Å². The van der Waals surface area contributed by atoms with Crippen LogP contribution in [0.1, 0.15) is 110 Å². The van der Waals surface area contributed by atoms with E-state index in [0.29, 0.717) is 11.5 Å². The van der Waals surface area contributed by atoms with Gasteiger partial charge in [0, 0.05) is 11.1 Å². The van der Waals surface area contributed by atoms with Crippen LogP contribution in [0.15, 0.2) is 84.9 Å². The lowest BCUT2D eigenvalue weighted by Crippen LogP contribution is -2.48. The number of hydrogen-bond acceptors (Lipinski definition) is 2. The van der Waals surface area contributed by atoms with Crippen molar-refractivity contribution >= 4 is 0 Å². The molecule has 0 radical (unpaired) electrons. The maximum Gasteiger partial charge on any atom is 0.119 e. The predicted octanol–water partition coefficient (Wildman–Crippen LogP) is 10.4. The van der Waals surface area contributed by atoms with Crippen LogP contribution < -0.4 is 0 Å². The van der Waals surface area contributed by atoms with Crippen LogP contribution in [-0.2, 0) is 16.2 Å². The second-order valence-corrected chi connectivity index (χ2v) is 17.7. The van der Waals surface area contributed by atoms with Crippen LogP contribution in [-0.4, -0.2) is 10.2 Å². The minimum Gasteiger partial charge on any atom is -0.508 e. The van der Waals surface area contributed by atoms with Crippen molar-refractivity contribution in [3.05, 3.63) is 118 Å². The molecule has 2 heteroatoms. The third-order valence-electron chi connectivity index (χ3n) is 15.0. The number of aromatic hydroxyl groups is 2. The van der Waals surface area contributed by atoms with Gasteiger partial charge in [-0.1, -0.05) is 60.7 Å². The molecule has 13 rings (SSSR count). The highest BCUT2D eigenvalue weighted by Gasteiger charge is 2.55. The number of benzene rings is 4. The number of phenolic OH excluding ortho intramolecular Hbond substituents is 2. The summed E-state index contributed by atoms with van der Waals surface area (Å²) in [6.45, 7) is 0. The Hall–Kier alpha value is -3.52. The summed E-state index contributed by atoms with van der Waals surface area (Å²) in [5.41, 5.74) is 9.85. The molecule has 0 unspecified atom stereocenters. The molecule has 0 spiro atoms. The summed E-state index contributed by atoms with van der Waals surface area (Å²) in [5.74, 6) is 5.85. The van der Waals surface area contributed by atoms with Crippen molar-refractivity contribution in [3.63, 3.8) is 0 Å². The minimum atomic E-state index is -0.525.